The number of nitrogens with one attached hydrogen (secondary N) is 1. The molecule has 0 aliphatic carbocycles. The normalized spacial score (nSPS) is 11.7. The molecule has 5 nitrogen and oxygen atoms in total. The lowest BCUT2D eigenvalue weighted by molar-refractivity contribution is 0.292. The van der Waals surface area contributed by atoms with Gasteiger partial charge in [0.05, 0.1) is 13.2 Å². The van der Waals surface area contributed by atoms with E-state index in [9.17, 15) is 0 Å². The molecular weight excluding hydrogens is 290 g/mol. The molecule has 1 atom stereocenters. The molecule has 0 radical (unpaired) electrons. The summed E-state index contributed by atoms with van der Waals surface area (Å²) in [5.74, 6) is 1.47. The van der Waals surface area contributed by atoms with Crippen molar-refractivity contribution in [2.24, 2.45) is 5.11 Å². The minimum Gasteiger partial charge on any atom is -0.494 e. The van der Waals surface area contributed by atoms with Crippen LogP contribution in [-0.4, -0.2) is 26.8 Å². The number of hydrogen-bond acceptors (Lipinski definition) is 5. The quantitative estimate of drug-likeness (QED) is 0.762. The minimum atomic E-state index is 0.180. The number of likely N-dealkylation sites (N-methyl/N-ethyl adjacent to an activating group) is 1. The molecule has 0 amide bonds. The molecule has 0 heterocycles. The monoisotopic (exact) mass is 313 g/mol. The first kappa shape index (κ1) is 16.8. The average molecular weight is 313 g/mol. The highest BCUT2D eigenvalue weighted by Crippen LogP contribution is 2.32. The number of hydrogen-bond donors (Lipinski definition) is 1. The number of ether oxygens (including phenoxy) is 2. The standard InChI is InChI=1S/C18H23N3O2/c1-13-5-8-16(9-6-13)23-12-14(2)21(3)15-7-10-17(20-19)18(11-15)22-4/h5-11,14,19H,12H2,1-4H3. The third-order valence-electron chi connectivity index (χ3n) is 3.86. The van der Waals surface area contributed by atoms with Crippen LogP contribution in [0.3, 0.4) is 0 Å². The zero-order valence-electron chi connectivity index (χ0n) is 14.0. The predicted molar refractivity (Wildman–Crippen MR) is 92.3 cm³/mol. The zero-order valence-corrected chi connectivity index (χ0v) is 14.0. The van der Waals surface area contributed by atoms with Gasteiger partial charge in [0.1, 0.15) is 23.8 Å². The van der Waals surface area contributed by atoms with Crippen LogP contribution < -0.4 is 14.4 Å². The zero-order chi connectivity index (χ0) is 16.8. The van der Waals surface area contributed by atoms with E-state index in [-0.39, 0.29) is 6.04 Å². The van der Waals surface area contributed by atoms with Crippen molar-refractivity contribution in [1.29, 1.82) is 5.53 Å². The Bertz CT molecular complexity index is 656. The van der Waals surface area contributed by atoms with Gasteiger partial charge in [0.15, 0.2) is 0 Å². The van der Waals surface area contributed by atoms with E-state index in [1.54, 1.807) is 13.2 Å². The van der Waals surface area contributed by atoms with E-state index in [1.165, 1.54) is 5.56 Å². The molecule has 1 unspecified atom stereocenters. The second-order valence-electron chi connectivity index (χ2n) is 5.55. The predicted octanol–water partition coefficient (Wildman–Crippen LogP) is 4.57. The maximum atomic E-state index is 7.14. The number of methoxy groups -OCH3 is 1. The Morgan fingerprint density at radius 3 is 2.48 bits per heavy atom. The number of anilines is 1. The van der Waals surface area contributed by atoms with Crippen LogP contribution in [0.15, 0.2) is 47.6 Å². The van der Waals surface area contributed by atoms with Crippen LogP contribution in [0.1, 0.15) is 12.5 Å². The Hall–Kier alpha value is -2.56. The first-order valence-corrected chi connectivity index (χ1v) is 7.53. The Morgan fingerprint density at radius 1 is 1.17 bits per heavy atom. The van der Waals surface area contributed by atoms with Gasteiger partial charge in [0.25, 0.3) is 0 Å². The summed E-state index contributed by atoms with van der Waals surface area (Å²) in [5.41, 5.74) is 9.87. The Kier molecular flexibility index (Phi) is 5.57. The van der Waals surface area contributed by atoms with Crippen molar-refractivity contribution in [3.63, 3.8) is 0 Å². The van der Waals surface area contributed by atoms with E-state index >= 15 is 0 Å². The molecule has 122 valence electrons. The van der Waals surface area contributed by atoms with Gasteiger partial charge in [-0.1, -0.05) is 17.7 Å². The van der Waals surface area contributed by atoms with Crippen LogP contribution in [0.4, 0.5) is 11.4 Å². The smallest absolute Gasteiger partial charge is 0.148 e. The summed E-state index contributed by atoms with van der Waals surface area (Å²) in [6.07, 6.45) is 0. The molecule has 1 N–H and O–H groups in total. The maximum absolute atomic E-state index is 7.14. The van der Waals surface area contributed by atoms with E-state index < -0.39 is 0 Å². The molecular formula is C18H23N3O2. The second-order valence-corrected chi connectivity index (χ2v) is 5.55. The molecule has 0 aliphatic heterocycles. The van der Waals surface area contributed by atoms with Crippen molar-refractivity contribution in [2.75, 3.05) is 25.7 Å². The largest absolute Gasteiger partial charge is 0.494 e. The first-order chi connectivity index (χ1) is 11.0. The fraction of sp³-hybridized carbons (Fsp3) is 0.333. The third kappa shape index (κ3) is 4.22. The number of nitrogens with zero attached hydrogens (tertiary/aromatic N) is 2. The number of benzene rings is 2. The molecule has 0 fully saturated rings. The second kappa shape index (κ2) is 7.63. The molecule has 5 heteroatoms. The lowest BCUT2D eigenvalue weighted by atomic mass is 10.2. The summed E-state index contributed by atoms with van der Waals surface area (Å²) in [7, 11) is 3.59. The molecule has 2 aromatic carbocycles. The van der Waals surface area contributed by atoms with E-state index in [0.29, 0.717) is 18.0 Å². The van der Waals surface area contributed by atoms with Crippen molar-refractivity contribution < 1.29 is 9.47 Å². The van der Waals surface area contributed by atoms with Crippen LogP contribution in [-0.2, 0) is 0 Å². The molecule has 0 aromatic heterocycles. The summed E-state index contributed by atoms with van der Waals surface area (Å²) in [6.45, 7) is 4.73. The lowest BCUT2D eigenvalue weighted by Gasteiger charge is -2.27. The van der Waals surface area contributed by atoms with Crippen molar-refractivity contribution in [1.82, 2.24) is 0 Å². The van der Waals surface area contributed by atoms with Crippen LogP contribution in [0.2, 0.25) is 0 Å². The van der Waals surface area contributed by atoms with Gasteiger partial charge in [0.2, 0.25) is 0 Å². The summed E-state index contributed by atoms with van der Waals surface area (Å²) >= 11 is 0. The van der Waals surface area contributed by atoms with Gasteiger partial charge in [-0.05, 0) is 38.1 Å². The van der Waals surface area contributed by atoms with E-state index in [0.717, 1.165) is 11.4 Å². The third-order valence-corrected chi connectivity index (χ3v) is 3.86. The van der Waals surface area contributed by atoms with Crippen molar-refractivity contribution in [2.45, 2.75) is 19.9 Å². The molecule has 2 rings (SSSR count). The van der Waals surface area contributed by atoms with Gasteiger partial charge >= 0.3 is 0 Å². The fourth-order valence-electron chi connectivity index (χ4n) is 2.20. The highest BCUT2D eigenvalue weighted by molar-refractivity contribution is 5.61. The first-order valence-electron chi connectivity index (χ1n) is 7.53. The lowest BCUT2D eigenvalue weighted by Crippen LogP contribution is -2.34. The van der Waals surface area contributed by atoms with E-state index in [2.05, 4.69) is 23.9 Å². The molecule has 23 heavy (non-hydrogen) atoms. The van der Waals surface area contributed by atoms with Crippen molar-refractivity contribution in [3.05, 3.63) is 48.0 Å². The van der Waals surface area contributed by atoms with Gasteiger partial charge in [0, 0.05) is 18.8 Å². The molecule has 0 saturated heterocycles. The summed E-state index contributed by atoms with van der Waals surface area (Å²) < 4.78 is 11.1. The van der Waals surface area contributed by atoms with Gasteiger partial charge in [-0.15, -0.1) is 0 Å². The summed E-state index contributed by atoms with van der Waals surface area (Å²) in [6, 6.07) is 13.8. The van der Waals surface area contributed by atoms with Gasteiger partial charge in [-0.3, -0.25) is 0 Å². The van der Waals surface area contributed by atoms with Crippen LogP contribution in [0, 0.1) is 12.5 Å². The topological polar surface area (TPSA) is 57.9 Å². The fourth-order valence-corrected chi connectivity index (χ4v) is 2.20. The van der Waals surface area contributed by atoms with Crippen LogP contribution >= 0.6 is 0 Å². The van der Waals surface area contributed by atoms with Crippen LogP contribution in [0.25, 0.3) is 0 Å². The van der Waals surface area contributed by atoms with Gasteiger partial charge in [-0.2, -0.15) is 5.11 Å². The van der Waals surface area contributed by atoms with Gasteiger partial charge < -0.3 is 14.4 Å². The molecule has 0 spiro atoms. The highest BCUT2D eigenvalue weighted by atomic mass is 16.5. The molecule has 0 aliphatic rings. The van der Waals surface area contributed by atoms with Crippen LogP contribution in [0.5, 0.6) is 11.5 Å². The Balaban J connectivity index is 2.02. The highest BCUT2D eigenvalue weighted by Gasteiger charge is 2.13. The molecule has 2 aromatic rings. The average Bonchev–Trinajstić information content (AvgIpc) is 2.59. The number of aryl methyl sites for hydroxylation is 1. The number of rotatable bonds is 7. The van der Waals surface area contributed by atoms with Gasteiger partial charge in [-0.25, -0.2) is 5.53 Å². The van der Waals surface area contributed by atoms with Crippen molar-refractivity contribution in [3.8, 4) is 11.5 Å². The molecule has 0 bridgehead atoms. The van der Waals surface area contributed by atoms with E-state index in [4.69, 9.17) is 15.0 Å². The Labute approximate surface area is 137 Å². The van der Waals surface area contributed by atoms with E-state index in [1.807, 2.05) is 43.4 Å². The van der Waals surface area contributed by atoms with Crippen molar-refractivity contribution >= 4 is 11.4 Å². The Morgan fingerprint density at radius 2 is 1.87 bits per heavy atom. The summed E-state index contributed by atoms with van der Waals surface area (Å²) in [4.78, 5) is 2.12. The maximum Gasteiger partial charge on any atom is 0.148 e. The summed E-state index contributed by atoms with van der Waals surface area (Å²) in [5, 5.41) is 3.45. The minimum absolute atomic E-state index is 0.180. The SMILES string of the molecule is COc1cc(N(C)C(C)COc2ccc(C)cc2)ccc1N=N. The molecule has 0 saturated carbocycles.